The van der Waals surface area contributed by atoms with E-state index in [2.05, 4.69) is 24.0 Å². The van der Waals surface area contributed by atoms with Gasteiger partial charge in [-0.3, -0.25) is 4.79 Å². The fourth-order valence-corrected chi connectivity index (χ4v) is 4.28. The van der Waals surface area contributed by atoms with Crippen molar-refractivity contribution < 1.29 is 4.79 Å². The van der Waals surface area contributed by atoms with Crippen LogP contribution in [0, 0.1) is 19.3 Å². The van der Waals surface area contributed by atoms with Gasteiger partial charge >= 0.3 is 0 Å². The van der Waals surface area contributed by atoms with Crippen LogP contribution >= 0.6 is 0 Å². The van der Waals surface area contributed by atoms with Crippen LogP contribution in [0.5, 0.6) is 0 Å². The van der Waals surface area contributed by atoms with E-state index in [1.54, 1.807) is 6.33 Å². The Labute approximate surface area is 142 Å². The molecule has 2 heterocycles. The Hall–Kier alpha value is -2.17. The van der Waals surface area contributed by atoms with Crippen LogP contribution in [0.1, 0.15) is 52.5 Å². The smallest absolute Gasteiger partial charge is 0.253 e. The van der Waals surface area contributed by atoms with E-state index in [-0.39, 0.29) is 11.3 Å². The van der Waals surface area contributed by atoms with Crippen LogP contribution < -0.4 is 0 Å². The van der Waals surface area contributed by atoms with Gasteiger partial charge in [0.05, 0.1) is 0 Å². The van der Waals surface area contributed by atoms with Crippen LogP contribution in [-0.2, 0) is 7.05 Å². The molecule has 5 nitrogen and oxygen atoms in total. The second-order valence-electron chi connectivity index (χ2n) is 7.55. The Bertz CT molecular complexity index is 790. The lowest BCUT2D eigenvalue weighted by Gasteiger charge is -2.42. The maximum Gasteiger partial charge on any atom is 0.253 e. The first kappa shape index (κ1) is 15.4. The van der Waals surface area contributed by atoms with E-state index >= 15 is 0 Å². The van der Waals surface area contributed by atoms with Gasteiger partial charge in [0.2, 0.25) is 0 Å². The minimum Gasteiger partial charge on any atom is -0.337 e. The Kier molecular flexibility index (Phi) is 3.48. The highest BCUT2D eigenvalue weighted by Gasteiger charge is 2.53. The third-order valence-corrected chi connectivity index (χ3v) is 6.10. The topological polar surface area (TPSA) is 51.0 Å². The summed E-state index contributed by atoms with van der Waals surface area (Å²) in [7, 11) is 2.00. The predicted molar refractivity (Wildman–Crippen MR) is 91.8 cm³/mol. The zero-order valence-corrected chi connectivity index (χ0v) is 14.6. The van der Waals surface area contributed by atoms with Gasteiger partial charge in [-0.05, 0) is 55.4 Å². The third kappa shape index (κ3) is 2.26. The van der Waals surface area contributed by atoms with E-state index < -0.39 is 0 Å². The first-order valence-electron chi connectivity index (χ1n) is 8.71. The maximum absolute atomic E-state index is 13.0. The molecule has 1 saturated heterocycles. The normalized spacial score (nSPS) is 22.0. The van der Waals surface area contributed by atoms with Crippen LogP contribution in [0.2, 0.25) is 0 Å². The fraction of sp³-hybridized carbons (Fsp3) is 0.526. The summed E-state index contributed by atoms with van der Waals surface area (Å²) < 4.78 is 2.01. The maximum atomic E-state index is 13.0. The number of benzene rings is 1. The van der Waals surface area contributed by atoms with Crippen LogP contribution in [0.25, 0.3) is 0 Å². The van der Waals surface area contributed by atoms with E-state index in [0.29, 0.717) is 5.92 Å². The van der Waals surface area contributed by atoms with Gasteiger partial charge in [0.1, 0.15) is 12.2 Å². The van der Waals surface area contributed by atoms with Gasteiger partial charge < -0.3 is 9.47 Å². The molecule has 2 aliphatic rings. The lowest BCUT2D eigenvalue weighted by Crippen LogP contribution is -2.38. The van der Waals surface area contributed by atoms with Crippen molar-refractivity contribution in [2.24, 2.45) is 12.5 Å². The molecule has 1 aliphatic heterocycles. The summed E-state index contributed by atoms with van der Waals surface area (Å²) in [4.78, 5) is 15.1. The third-order valence-electron chi connectivity index (χ3n) is 6.10. The molecule has 4 rings (SSSR count). The van der Waals surface area contributed by atoms with E-state index in [0.717, 1.165) is 24.5 Å². The molecule has 1 spiro atoms. The van der Waals surface area contributed by atoms with Crippen LogP contribution in [0.4, 0.5) is 0 Å². The molecule has 126 valence electrons. The predicted octanol–water partition coefficient (Wildman–Crippen LogP) is 2.84. The number of rotatable bonds is 2. The average Bonchev–Trinajstić information content (AvgIpc) is 3.12. The quantitative estimate of drug-likeness (QED) is 0.853. The summed E-state index contributed by atoms with van der Waals surface area (Å²) in [5.74, 6) is 1.47. The van der Waals surface area contributed by atoms with E-state index in [1.807, 2.05) is 34.7 Å². The molecule has 0 N–H and O–H groups in total. The van der Waals surface area contributed by atoms with Gasteiger partial charge in [0, 0.05) is 31.6 Å². The number of nitrogens with zero attached hydrogens (tertiary/aromatic N) is 4. The lowest BCUT2D eigenvalue weighted by molar-refractivity contribution is 0.0723. The Morgan fingerprint density at radius 3 is 2.62 bits per heavy atom. The molecule has 2 aromatic rings. The number of aromatic nitrogens is 3. The molecular weight excluding hydrogens is 300 g/mol. The van der Waals surface area contributed by atoms with Crippen molar-refractivity contribution in [3.63, 3.8) is 0 Å². The molecule has 1 atom stereocenters. The minimum atomic E-state index is 0.147. The summed E-state index contributed by atoms with van der Waals surface area (Å²) >= 11 is 0. The number of hydrogen-bond acceptors (Lipinski definition) is 3. The summed E-state index contributed by atoms with van der Waals surface area (Å²) in [5.41, 5.74) is 3.39. The molecule has 1 saturated carbocycles. The summed E-state index contributed by atoms with van der Waals surface area (Å²) in [6.07, 6.45) is 5.37. The average molecular weight is 324 g/mol. The monoisotopic (exact) mass is 324 g/mol. The summed E-state index contributed by atoms with van der Waals surface area (Å²) in [5, 5.41) is 8.39. The molecule has 1 amide bonds. The molecule has 1 aromatic heterocycles. The number of carbonyl (C=O) groups is 1. The van der Waals surface area contributed by atoms with Crippen LogP contribution in [0.3, 0.4) is 0 Å². The van der Waals surface area contributed by atoms with Gasteiger partial charge in [-0.25, -0.2) is 0 Å². The highest BCUT2D eigenvalue weighted by atomic mass is 16.2. The van der Waals surface area contributed by atoms with Crippen molar-refractivity contribution in [3.8, 4) is 0 Å². The second-order valence-corrected chi connectivity index (χ2v) is 7.55. The lowest BCUT2D eigenvalue weighted by atomic mass is 9.62. The summed E-state index contributed by atoms with van der Waals surface area (Å²) in [6.45, 7) is 5.73. The molecule has 1 aromatic carbocycles. The Morgan fingerprint density at radius 1 is 1.25 bits per heavy atom. The molecule has 1 aliphatic carbocycles. The number of aryl methyl sites for hydroxylation is 3. The highest BCUT2D eigenvalue weighted by Crippen LogP contribution is 2.55. The first-order chi connectivity index (χ1) is 11.5. The number of hydrogen-bond donors (Lipinski definition) is 0. The molecule has 2 fully saturated rings. The molecule has 0 radical (unpaired) electrons. The van der Waals surface area contributed by atoms with Crippen molar-refractivity contribution >= 4 is 5.91 Å². The minimum absolute atomic E-state index is 0.147. The SMILES string of the molecule is Cc1ccc(C(=O)N2CC(c3nncn3C)C3(CCC3)C2)cc1C. The Balaban J connectivity index is 1.62. The molecule has 0 bridgehead atoms. The van der Waals surface area contributed by atoms with E-state index in [9.17, 15) is 4.79 Å². The fourth-order valence-electron chi connectivity index (χ4n) is 4.28. The van der Waals surface area contributed by atoms with Gasteiger partial charge in [-0.1, -0.05) is 12.5 Å². The van der Waals surface area contributed by atoms with Crippen LogP contribution in [-0.4, -0.2) is 38.7 Å². The zero-order chi connectivity index (χ0) is 16.9. The largest absolute Gasteiger partial charge is 0.337 e. The summed E-state index contributed by atoms with van der Waals surface area (Å²) in [6, 6.07) is 6.01. The van der Waals surface area contributed by atoms with Crippen molar-refractivity contribution in [2.75, 3.05) is 13.1 Å². The van der Waals surface area contributed by atoms with Gasteiger partial charge in [-0.2, -0.15) is 0 Å². The van der Waals surface area contributed by atoms with Crippen molar-refractivity contribution in [3.05, 3.63) is 47.0 Å². The van der Waals surface area contributed by atoms with Gasteiger partial charge in [0.15, 0.2) is 0 Å². The molecule has 24 heavy (non-hydrogen) atoms. The molecule has 5 heteroatoms. The van der Waals surface area contributed by atoms with Crippen LogP contribution in [0.15, 0.2) is 24.5 Å². The van der Waals surface area contributed by atoms with Gasteiger partial charge in [0.25, 0.3) is 5.91 Å². The van der Waals surface area contributed by atoms with Crippen molar-refractivity contribution in [2.45, 2.75) is 39.0 Å². The van der Waals surface area contributed by atoms with E-state index in [4.69, 9.17) is 0 Å². The molecular formula is C19H24N4O. The molecule has 1 unspecified atom stereocenters. The highest BCUT2D eigenvalue weighted by molar-refractivity contribution is 5.94. The standard InChI is InChI=1S/C19H24N4O/c1-13-5-6-15(9-14(13)2)18(24)23-10-16(17-21-20-12-22(17)3)19(11-23)7-4-8-19/h5-6,9,12,16H,4,7-8,10-11H2,1-3H3. The first-order valence-corrected chi connectivity index (χ1v) is 8.71. The van der Waals surface area contributed by atoms with Gasteiger partial charge in [-0.15, -0.1) is 10.2 Å². The van der Waals surface area contributed by atoms with E-state index in [1.165, 1.54) is 30.4 Å². The second kappa shape index (κ2) is 5.43. The number of likely N-dealkylation sites (tertiary alicyclic amines) is 1. The number of carbonyl (C=O) groups excluding carboxylic acids is 1. The van der Waals surface area contributed by atoms with Crippen molar-refractivity contribution in [1.82, 2.24) is 19.7 Å². The van der Waals surface area contributed by atoms with Crippen molar-refractivity contribution in [1.29, 1.82) is 0 Å². The number of amides is 1. The Morgan fingerprint density at radius 2 is 2.04 bits per heavy atom. The zero-order valence-electron chi connectivity index (χ0n) is 14.6.